The number of nitrogens with two attached hydrogens (primary N) is 1. The number of hydrogen-bond acceptors (Lipinski definition) is 5. The van der Waals surface area contributed by atoms with Gasteiger partial charge in [-0.05, 0) is 24.6 Å². The van der Waals surface area contributed by atoms with Crippen LogP contribution in [0.5, 0.6) is 0 Å². The predicted octanol–water partition coefficient (Wildman–Crippen LogP) is 0.646. The second-order valence-corrected chi connectivity index (χ2v) is 6.12. The minimum atomic E-state index is -3.68. The van der Waals surface area contributed by atoms with Crippen LogP contribution in [0, 0.1) is 0 Å². The molecule has 2 atom stereocenters. The molecule has 0 amide bonds. The summed E-state index contributed by atoms with van der Waals surface area (Å²) in [5.74, 6) is 0. The molecule has 7 heteroatoms. The fraction of sp³-hybridized carbons (Fsp3) is 0.538. The second-order valence-electron chi connectivity index (χ2n) is 4.56. The van der Waals surface area contributed by atoms with E-state index in [1.807, 2.05) is 13.0 Å². The molecule has 0 aliphatic rings. The van der Waals surface area contributed by atoms with Gasteiger partial charge in [-0.2, -0.15) is 0 Å². The summed E-state index contributed by atoms with van der Waals surface area (Å²) in [6.45, 7) is 3.04. The number of methoxy groups -OCH3 is 2. The van der Waals surface area contributed by atoms with Crippen LogP contribution in [0.1, 0.15) is 18.5 Å². The van der Waals surface area contributed by atoms with E-state index in [0.717, 1.165) is 5.56 Å². The van der Waals surface area contributed by atoms with Crippen molar-refractivity contribution in [2.75, 3.05) is 27.4 Å². The minimum Gasteiger partial charge on any atom is -0.382 e. The molecule has 0 aliphatic heterocycles. The molecule has 0 aromatic heterocycles. The smallest absolute Gasteiger partial charge is 0.238 e. The Morgan fingerprint density at radius 3 is 2.60 bits per heavy atom. The van der Waals surface area contributed by atoms with E-state index in [4.69, 9.17) is 14.6 Å². The van der Waals surface area contributed by atoms with Crippen molar-refractivity contribution in [2.24, 2.45) is 5.14 Å². The van der Waals surface area contributed by atoms with Gasteiger partial charge < -0.3 is 14.8 Å². The quantitative estimate of drug-likeness (QED) is 0.735. The Bertz CT molecular complexity index is 519. The van der Waals surface area contributed by atoms with Gasteiger partial charge in [-0.1, -0.05) is 12.1 Å². The molecule has 0 aliphatic carbocycles. The highest BCUT2D eigenvalue weighted by molar-refractivity contribution is 7.89. The summed E-state index contributed by atoms with van der Waals surface area (Å²) in [6, 6.07) is 6.56. The molecule has 0 saturated heterocycles. The van der Waals surface area contributed by atoms with Gasteiger partial charge in [-0.25, -0.2) is 13.6 Å². The molecular formula is C13H22N2O4S. The fourth-order valence-corrected chi connectivity index (χ4v) is 2.35. The van der Waals surface area contributed by atoms with Crippen molar-refractivity contribution in [1.29, 1.82) is 0 Å². The molecule has 1 aromatic carbocycles. The first kappa shape index (κ1) is 17.1. The molecule has 0 bridgehead atoms. The van der Waals surface area contributed by atoms with Gasteiger partial charge in [0.15, 0.2) is 0 Å². The Hall–Kier alpha value is -0.990. The molecule has 2 unspecified atom stereocenters. The van der Waals surface area contributed by atoms with Crippen LogP contribution in [-0.2, 0) is 19.5 Å². The average molecular weight is 302 g/mol. The highest BCUT2D eigenvalue weighted by atomic mass is 32.2. The lowest BCUT2D eigenvalue weighted by atomic mass is 10.1. The first-order valence-corrected chi connectivity index (χ1v) is 7.81. The second kappa shape index (κ2) is 7.70. The molecule has 114 valence electrons. The van der Waals surface area contributed by atoms with Gasteiger partial charge in [0.25, 0.3) is 0 Å². The van der Waals surface area contributed by atoms with Crippen LogP contribution in [-0.4, -0.2) is 41.9 Å². The third-order valence-electron chi connectivity index (χ3n) is 3.02. The summed E-state index contributed by atoms with van der Waals surface area (Å²) >= 11 is 0. The lowest BCUT2D eigenvalue weighted by molar-refractivity contribution is 0.0276. The van der Waals surface area contributed by atoms with Crippen molar-refractivity contribution in [3.05, 3.63) is 29.8 Å². The van der Waals surface area contributed by atoms with Gasteiger partial charge in [-0.3, -0.25) is 0 Å². The molecule has 6 nitrogen and oxygen atoms in total. The van der Waals surface area contributed by atoms with Crippen molar-refractivity contribution in [3.63, 3.8) is 0 Å². The molecule has 3 N–H and O–H groups in total. The summed E-state index contributed by atoms with van der Waals surface area (Å²) in [5, 5.41) is 8.40. The van der Waals surface area contributed by atoms with Crippen LogP contribution in [0.25, 0.3) is 0 Å². The summed E-state index contributed by atoms with van der Waals surface area (Å²) in [5.41, 5.74) is 0.851. The molecular weight excluding hydrogens is 280 g/mol. The van der Waals surface area contributed by atoms with E-state index in [1.54, 1.807) is 26.4 Å². The molecule has 0 spiro atoms. The third kappa shape index (κ3) is 5.18. The Kier molecular flexibility index (Phi) is 6.57. The number of nitrogens with one attached hydrogen (secondary N) is 1. The zero-order chi connectivity index (χ0) is 15.2. The summed E-state index contributed by atoms with van der Waals surface area (Å²) in [7, 11) is -0.437. The molecule has 0 heterocycles. The monoisotopic (exact) mass is 302 g/mol. The lowest BCUT2D eigenvalue weighted by Crippen LogP contribution is -2.33. The van der Waals surface area contributed by atoms with Crippen LogP contribution in [0.3, 0.4) is 0 Å². The number of primary sulfonamides is 1. The van der Waals surface area contributed by atoms with E-state index in [0.29, 0.717) is 13.2 Å². The number of ether oxygens (including phenoxy) is 2. The van der Waals surface area contributed by atoms with Crippen LogP contribution < -0.4 is 10.5 Å². The molecule has 0 saturated carbocycles. The zero-order valence-electron chi connectivity index (χ0n) is 12.0. The molecule has 1 rings (SSSR count). The lowest BCUT2D eigenvalue weighted by Gasteiger charge is -2.19. The van der Waals surface area contributed by atoms with Gasteiger partial charge in [0.2, 0.25) is 10.0 Å². The Morgan fingerprint density at radius 2 is 2.05 bits per heavy atom. The van der Waals surface area contributed by atoms with E-state index in [-0.39, 0.29) is 17.0 Å². The summed E-state index contributed by atoms with van der Waals surface area (Å²) < 4.78 is 32.9. The first-order valence-electron chi connectivity index (χ1n) is 6.26. The van der Waals surface area contributed by atoms with Crippen LogP contribution in [0.2, 0.25) is 0 Å². The van der Waals surface area contributed by atoms with Crippen molar-refractivity contribution < 1.29 is 17.9 Å². The van der Waals surface area contributed by atoms with E-state index in [9.17, 15) is 8.42 Å². The standard InChI is InChI=1S/C13H22N2O4S/c1-10(15-8-12(19-3)9-18-2)11-5-4-6-13(7-11)20(14,16)17/h4-7,10,12,15H,8-9H2,1-3H3,(H2,14,16,17). The third-order valence-corrected chi connectivity index (χ3v) is 3.94. The van der Waals surface area contributed by atoms with Gasteiger partial charge in [-0.15, -0.1) is 0 Å². The highest BCUT2D eigenvalue weighted by Gasteiger charge is 2.13. The Morgan fingerprint density at radius 1 is 1.35 bits per heavy atom. The maximum absolute atomic E-state index is 11.3. The number of sulfonamides is 1. The maximum atomic E-state index is 11.3. The summed E-state index contributed by atoms with van der Waals surface area (Å²) in [6.07, 6.45) is -0.0520. The number of rotatable bonds is 8. The van der Waals surface area contributed by atoms with Gasteiger partial charge >= 0.3 is 0 Å². The highest BCUT2D eigenvalue weighted by Crippen LogP contribution is 2.16. The molecule has 0 radical (unpaired) electrons. The van der Waals surface area contributed by atoms with Gasteiger partial charge in [0.05, 0.1) is 17.6 Å². The maximum Gasteiger partial charge on any atom is 0.238 e. The van der Waals surface area contributed by atoms with Crippen LogP contribution >= 0.6 is 0 Å². The predicted molar refractivity (Wildman–Crippen MR) is 76.9 cm³/mol. The van der Waals surface area contributed by atoms with E-state index in [1.165, 1.54) is 6.07 Å². The van der Waals surface area contributed by atoms with Crippen LogP contribution in [0.15, 0.2) is 29.2 Å². The zero-order valence-corrected chi connectivity index (χ0v) is 12.8. The topological polar surface area (TPSA) is 90.6 Å². The molecule has 20 heavy (non-hydrogen) atoms. The van der Waals surface area contributed by atoms with E-state index in [2.05, 4.69) is 5.32 Å². The average Bonchev–Trinajstić information content (AvgIpc) is 2.42. The Balaban J connectivity index is 2.70. The van der Waals surface area contributed by atoms with Crippen molar-refractivity contribution in [2.45, 2.75) is 24.0 Å². The minimum absolute atomic E-state index is 0.0220. The van der Waals surface area contributed by atoms with Gasteiger partial charge in [0.1, 0.15) is 0 Å². The Labute approximate surface area is 120 Å². The number of hydrogen-bond donors (Lipinski definition) is 2. The molecule has 1 aromatic rings. The van der Waals surface area contributed by atoms with E-state index < -0.39 is 10.0 Å². The van der Waals surface area contributed by atoms with Crippen molar-refractivity contribution >= 4 is 10.0 Å². The SMILES string of the molecule is COCC(CNC(C)c1cccc(S(N)(=O)=O)c1)OC. The largest absolute Gasteiger partial charge is 0.382 e. The normalized spacial score (nSPS) is 15.0. The first-order chi connectivity index (χ1) is 9.38. The van der Waals surface area contributed by atoms with Crippen LogP contribution in [0.4, 0.5) is 0 Å². The van der Waals surface area contributed by atoms with Gasteiger partial charge in [0, 0.05) is 26.8 Å². The molecule has 0 fully saturated rings. The number of benzene rings is 1. The van der Waals surface area contributed by atoms with Crippen molar-refractivity contribution in [1.82, 2.24) is 5.32 Å². The fourth-order valence-electron chi connectivity index (χ4n) is 1.78. The van der Waals surface area contributed by atoms with E-state index >= 15 is 0 Å². The van der Waals surface area contributed by atoms with Crippen molar-refractivity contribution in [3.8, 4) is 0 Å². The summed E-state index contributed by atoms with van der Waals surface area (Å²) in [4.78, 5) is 0.115.